The van der Waals surface area contributed by atoms with Gasteiger partial charge in [0.2, 0.25) is 0 Å². The fourth-order valence-corrected chi connectivity index (χ4v) is 3.05. The van der Waals surface area contributed by atoms with E-state index in [0.717, 1.165) is 6.07 Å². The zero-order chi connectivity index (χ0) is 22.3. The summed E-state index contributed by atoms with van der Waals surface area (Å²) < 4.78 is 79.5. The fourth-order valence-electron chi connectivity index (χ4n) is 3.05. The summed E-state index contributed by atoms with van der Waals surface area (Å²) in [4.78, 5) is 13.9. The van der Waals surface area contributed by atoms with Crippen LogP contribution in [0.25, 0.3) is 22.0 Å². The highest BCUT2D eigenvalue weighted by Gasteiger charge is 2.38. The molecule has 1 aromatic heterocycles. The van der Waals surface area contributed by atoms with E-state index in [0.29, 0.717) is 11.5 Å². The Labute approximate surface area is 165 Å². The van der Waals surface area contributed by atoms with Crippen LogP contribution in [-0.4, -0.2) is 46.3 Å². The SMILES string of the molecule is CN(CCO)C(=O)c1cc(-c2ccc(C(F)(F)F)cc2C(F)(F)F)cc2[nH]ncc12. The number of nitrogens with one attached hydrogen (secondary N) is 1. The Balaban J connectivity index is 2.23. The molecule has 11 heteroatoms. The zero-order valence-corrected chi connectivity index (χ0v) is 15.4. The summed E-state index contributed by atoms with van der Waals surface area (Å²) in [6.45, 7) is -0.343. The topological polar surface area (TPSA) is 69.2 Å². The first-order chi connectivity index (χ1) is 13.9. The maximum absolute atomic E-state index is 13.6. The van der Waals surface area contributed by atoms with Crippen LogP contribution in [0, 0.1) is 0 Å². The second-order valence-corrected chi connectivity index (χ2v) is 6.56. The number of hydrogen-bond acceptors (Lipinski definition) is 3. The van der Waals surface area contributed by atoms with Crippen molar-refractivity contribution in [2.75, 3.05) is 20.2 Å². The van der Waals surface area contributed by atoms with Crippen LogP contribution in [-0.2, 0) is 12.4 Å². The zero-order valence-electron chi connectivity index (χ0n) is 15.4. The average Bonchev–Trinajstić information content (AvgIpc) is 3.13. The van der Waals surface area contributed by atoms with Gasteiger partial charge in [0, 0.05) is 19.0 Å². The number of aliphatic hydroxyl groups excluding tert-OH is 1. The first-order valence-corrected chi connectivity index (χ1v) is 8.55. The molecule has 3 rings (SSSR count). The van der Waals surface area contributed by atoms with E-state index in [1.807, 2.05) is 0 Å². The van der Waals surface area contributed by atoms with Gasteiger partial charge in [-0.05, 0) is 35.4 Å². The number of alkyl halides is 6. The number of hydrogen-bond donors (Lipinski definition) is 2. The third-order valence-electron chi connectivity index (χ3n) is 4.53. The first kappa shape index (κ1) is 21.6. The van der Waals surface area contributed by atoms with Gasteiger partial charge in [-0.25, -0.2) is 0 Å². The minimum Gasteiger partial charge on any atom is -0.395 e. The lowest BCUT2D eigenvalue weighted by molar-refractivity contribution is -0.142. The molecule has 0 saturated carbocycles. The molecular weight excluding hydrogens is 416 g/mol. The lowest BCUT2D eigenvalue weighted by Gasteiger charge is -2.19. The third-order valence-corrected chi connectivity index (χ3v) is 4.53. The Morgan fingerprint density at radius 1 is 1.10 bits per heavy atom. The molecule has 0 unspecified atom stereocenters. The van der Waals surface area contributed by atoms with E-state index in [4.69, 9.17) is 5.11 Å². The number of aromatic amines is 1. The van der Waals surface area contributed by atoms with E-state index < -0.39 is 35.0 Å². The molecule has 0 aliphatic heterocycles. The van der Waals surface area contributed by atoms with Crippen LogP contribution < -0.4 is 0 Å². The molecule has 0 saturated heterocycles. The van der Waals surface area contributed by atoms with Crippen LogP contribution in [0.4, 0.5) is 26.3 Å². The third kappa shape index (κ3) is 4.11. The van der Waals surface area contributed by atoms with Crippen molar-refractivity contribution in [1.82, 2.24) is 15.1 Å². The van der Waals surface area contributed by atoms with Gasteiger partial charge < -0.3 is 10.0 Å². The monoisotopic (exact) mass is 431 g/mol. The number of amides is 1. The molecule has 3 aromatic rings. The molecule has 0 atom stereocenters. The van der Waals surface area contributed by atoms with E-state index in [9.17, 15) is 31.1 Å². The maximum Gasteiger partial charge on any atom is 0.417 e. The van der Waals surface area contributed by atoms with Gasteiger partial charge in [-0.1, -0.05) is 6.07 Å². The van der Waals surface area contributed by atoms with Gasteiger partial charge in [-0.2, -0.15) is 31.4 Å². The summed E-state index contributed by atoms with van der Waals surface area (Å²) >= 11 is 0. The molecule has 1 amide bonds. The van der Waals surface area contributed by atoms with Crippen molar-refractivity contribution >= 4 is 16.8 Å². The number of aromatic nitrogens is 2. The van der Waals surface area contributed by atoms with Crippen LogP contribution in [0.15, 0.2) is 36.5 Å². The molecule has 5 nitrogen and oxygen atoms in total. The Morgan fingerprint density at radius 3 is 2.40 bits per heavy atom. The molecule has 160 valence electrons. The molecule has 2 aromatic carbocycles. The van der Waals surface area contributed by atoms with Crippen LogP contribution in [0.3, 0.4) is 0 Å². The molecule has 2 N–H and O–H groups in total. The summed E-state index contributed by atoms with van der Waals surface area (Å²) in [6.07, 6.45) is -8.69. The van der Waals surface area contributed by atoms with Gasteiger partial charge >= 0.3 is 12.4 Å². The van der Waals surface area contributed by atoms with E-state index in [1.54, 1.807) is 0 Å². The van der Waals surface area contributed by atoms with E-state index in [2.05, 4.69) is 10.2 Å². The fraction of sp³-hybridized carbons (Fsp3) is 0.263. The molecule has 0 fully saturated rings. The van der Waals surface area contributed by atoms with Gasteiger partial charge in [0.05, 0.1) is 35.0 Å². The molecule has 0 aliphatic carbocycles. The number of benzene rings is 2. The molecule has 30 heavy (non-hydrogen) atoms. The number of halogens is 6. The summed E-state index contributed by atoms with van der Waals surface area (Å²) in [7, 11) is 1.40. The average molecular weight is 431 g/mol. The molecule has 0 aliphatic rings. The lowest BCUT2D eigenvalue weighted by atomic mass is 9.94. The van der Waals surface area contributed by atoms with Gasteiger partial charge in [0.25, 0.3) is 5.91 Å². The standard InChI is InChI=1S/C19H15F6N3O2/c1-28(4-5-29)17(30)13-6-10(7-16-14(13)9-26-27-16)12-3-2-11(18(20,21)22)8-15(12)19(23,24)25/h2-3,6-9,29H,4-5H2,1H3,(H,26,27). The smallest absolute Gasteiger partial charge is 0.395 e. The number of carbonyl (C=O) groups is 1. The molecule has 0 radical (unpaired) electrons. The Kier molecular flexibility index (Phi) is 5.50. The van der Waals surface area contributed by atoms with Crippen LogP contribution >= 0.6 is 0 Å². The molecule has 1 heterocycles. The number of aliphatic hydroxyl groups is 1. The van der Waals surface area contributed by atoms with Gasteiger partial charge in [0.1, 0.15) is 0 Å². The summed E-state index contributed by atoms with van der Waals surface area (Å²) in [6, 6.07) is 3.79. The van der Waals surface area contributed by atoms with Crippen molar-refractivity contribution in [2.45, 2.75) is 12.4 Å². The predicted octanol–water partition coefficient (Wildman–Crippen LogP) is 4.33. The van der Waals surface area contributed by atoms with Crippen molar-refractivity contribution in [3.05, 3.63) is 53.2 Å². The van der Waals surface area contributed by atoms with Crippen molar-refractivity contribution in [1.29, 1.82) is 0 Å². The van der Waals surface area contributed by atoms with Gasteiger partial charge in [0.15, 0.2) is 0 Å². The predicted molar refractivity (Wildman–Crippen MR) is 95.6 cm³/mol. The summed E-state index contributed by atoms with van der Waals surface area (Å²) in [5.74, 6) is -0.585. The molecule has 0 spiro atoms. The van der Waals surface area contributed by atoms with Crippen LogP contribution in [0.2, 0.25) is 0 Å². The van der Waals surface area contributed by atoms with Crippen molar-refractivity contribution in [3.63, 3.8) is 0 Å². The van der Waals surface area contributed by atoms with Crippen molar-refractivity contribution < 1.29 is 36.2 Å². The van der Waals surface area contributed by atoms with Gasteiger partial charge in [-0.15, -0.1) is 0 Å². The number of carbonyl (C=O) groups excluding carboxylic acids is 1. The van der Waals surface area contributed by atoms with Crippen LogP contribution in [0.1, 0.15) is 21.5 Å². The summed E-state index contributed by atoms with van der Waals surface area (Å²) in [5, 5.41) is 15.7. The number of likely N-dealkylation sites (N-methyl/N-ethyl adjacent to an activating group) is 1. The minimum absolute atomic E-state index is 0.000206. The van der Waals surface area contributed by atoms with Gasteiger partial charge in [-0.3, -0.25) is 9.89 Å². The number of rotatable bonds is 4. The highest BCUT2D eigenvalue weighted by Crippen LogP contribution is 2.41. The highest BCUT2D eigenvalue weighted by molar-refractivity contribution is 6.07. The van der Waals surface area contributed by atoms with E-state index >= 15 is 0 Å². The maximum atomic E-state index is 13.6. The van der Waals surface area contributed by atoms with E-state index in [-0.39, 0.29) is 35.9 Å². The Hall–Kier alpha value is -3.08. The highest BCUT2D eigenvalue weighted by atomic mass is 19.4. The minimum atomic E-state index is -5.06. The normalized spacial score (nSPS) is 12.4. The molecular formula is C19H15F6N3O2. The second-order valence-electron chi connectivity index (χ2n) is 6.56. The van der Waals surface area contributed by atoms with Crippen molar-refractivity contribution in [2.24, 2.45) is 0 Å². The van der Waals surface area contributed by atoms with E-state index in [1.165, 1.54) is 30.3 Å². The number of H-pyrrole nitrogens is 1. The quantitative estimate of drug-likeness (QED) is 0.605. The number of nitrogens with zero attached hydrogens (tertiary/aromatic N) is 2. The lowest BCUT2D eigenvalue weighted by Crippen LogP contribution is -2.29. The number of fused-ring (bicyclic) bond motifs is 1. The first-order valence-electron chi connectivity index (χ1n) is 8.55. The van der Waals surface area contributed by atoms with Crippen molar-refractivity contribution in [3.8, 4) is 11.1 Å². The largest absolute Gasteiger partial charge is 0.417 e. The summed E-state index contributed by atoms with van der Waals surface area (Å²) in [5.41, 5.74) is -3.28. The second kappa shape index (κ2) is 7.63. The van der Waals surface area contributed by atoms with Crippen LogP contribution in [0.5, 0.6) is 0 Å². The Bertz CT molecular complexity index is 1090. The Morgan fingerprint density at radius 2 is 1.80 bits per heavy atom. The molecule has 0 bridgehead atoms.